The van der Waals surface area contributed by atoms with Gasteiger partial charge in [-0.25, -0.2) is 4.98 Å². The van der Waals surface area contributed by atoms with Gasteiger partial charge in [-0.15, -0.1) is 11.3 Å². The first-order valence-electron chi connectivity index (χ1n) is 8.28. The first-order chi connectivity index (χ1) is 11.1. The molecule has 5 heteroatoms. The van der Waals surface area contributed by atoms with Gasteiger partial charge >= 0.3 is 0 Å². The van der Waals surface area contributed by atoms with Crippen molar-refractivity contribution in [1.29, 1.82) is 0 Å². The summed E-state index contributed by atoms with van der Waals surface area (Å²) in [4.78, 5) is 23.3. The van der Waals surface area contributed by atoms with Crippen LogP contribution in [0, 0.1) is 5.92 Å². The topological polar surface area (TPSA) is 46.1 Å². The minimum atomic E-state index is 0.298. The van der Waals surface area contributed by atoms with Crippen LogP contribution in [0.4, 0.5) is 0 Å². The Morgan fingerprint density at radius 1 is 1.30 bits per heavy atom. The summed E-state index contributed by atoms with van der Waals surface area (Å²) in [6.45, 7) is 5.90. The summed E-state index contributed by atoms with van der Waals surface area (Å²) in [5.41, 5.74) is 1.89. The molecule has 0 N–H and O–H groups in total. The van der Waals surface area contributed by atoms with Crippen LogP contribution in [-0.4, -0.2) is 33.9 Å². The van der Waals surface area contributed by atoms with Crippen molar-refractivity contribution in [1.82, 2.24) is 14.9 Å². The fourth-order valence-electron chi connectivity index (χ4n) is 2.96. The molecule has 2 aromatic heterocycles. The van der Waals surface area contributed by atoms with Gasteiger partial charge in [-0.1, -0.05) is 19.9 Å². The van der Waals surface area contributed by atoms with Crippen molar-refractivity contribution < 1.29 is 4.79 Å². The molecule has 0 aliphatic carbocycles. The zero-order valence-electron chi connectivity index (χ0n) is 13.7. The number of aromatic nitrogens is 2. The normalized spacial score (nSPS) is 16.0. The van der Waals surface area contributed by atoms with Crippen LogP contribution in [-0.2, 0) is 4.79 Å². The molecule has 1 aliphatic rings. The van der Waals surface area contributed by atoms with Crippen LogP contribution in [0.25, 0.3) is 11.4 Å². The fraction of sp³-hybridized carbons (Fsp3) is 0.500. The Balaban J connectivity index is 1.60. The van der Waals surface area contributed by atoms with E-state index in [1.54, 1.807) is 17.5 Å². The third kappa shape index (κ3) is 3.96. The second-order valence-corrected chi connectivity index (χ2v) is 7.43. The molecule has 3 heterocycles. The van der Waals surface area contributed by atoms with E-state index >= 15 is 0 Å². The van der Waals surface area contributed by atoms with Gasteiger partial charge in [0.2, 0.25) is 5.91 Å². The highest BCUT2D eigenvalue weighted by Crippen LogP contribution is 2.32. The van der Waals surface area contributed by atoms with Crippen molar-refractivity contribution in [3.8, 4) is 11.4 Å². The van der Waals surface area contributed by atoms with E-state index in [-0.39, 0.29) is 0 Å². The smallest absolute Gasteiger partial charge is 0.222 e. The molecule has 1 fully saturated rings. The molecule has 0 unspecified atom stereocenters. The van der Waals surface area contributed by atoms with Gasteiger partial charge in [-0.2, -0.15) is 0 Å². The van der Waals surface area contributed by atoms with Crippen molar-refractivity contribution in [2.45, 2.75) is 39.0 Å². The van der Waals surface area contributed by atoms with E-state index < -0.39 is 0 Å². The molecule has 1 amide bonds. The van der Waals surface area contributed by atoms with E-state index in [0.29, 0.717) is 24.2 Å². The first kappa shape index (κ1) is 16.1. The quantitative estimate of drug-likeness (QED) is 0.853. The summed E-state index contributed by atoms with van der Waals surface area (Å²) in [6, 6.07) is 5.90. The van der Waals surface area contributed by atoms with Crippen LogP contribution in [0.15, 0.2) is 29.8 Å². The number of carbonyl (C=O) groups is 1. The summed E-state index contributed by atoms with van der Waals surface area (Å²) in [5.74, 6) is 1.20. The predicted molar refractivity (Wildman–Crippen MR) is 93.4 cm³/mol. The molecule has 0 atom stereocenters. The summed E-state index contributed by atoms with van der Waals surface area (Å²) in [5, 5.41) is 3.27. The fourth-order valence-corrected chi connectivity index (χ4v) is 3.95. The number of thiazole rings is 1. The van der Waals surface area contributed by atoms with Crippen LogP contribution in [0.2, 0.25) is 0 Å². The van der Waals surface area contributed by atoms with Crippen molar-refractivity contribution in [3.05, 3.63) is 34.8 Å². The lowest BCUT2D eigenvalue weighted by molar-refractivity contribution is -0.133. The number of likely N-dealkylation sites (tertiary alicyclic amines) is 1. The molecule has 0 radical (unpaired) electrons. The maximum Gasteiger partial charge on any atom is 0.222 e. The van der Waals surface area contributed by atoms with Gasteiger partial charge in [0.1, 0.15) is 0 Å². The van der Waals surface area contributed by atoms with E-state index in [2.05, 4.69) is 24.2 Å². The van der Waals surface area contributed by atoms with Crippen molar-refractivity contribution in [2.75, 3.05) is 13.1 Å². The lowest BCUT2D eigenvalue weighted by Crippen LogP contribution is -2.38. The average molecular weight is 329 g/mol. The van der Waals surface area contributed by atoms with Gasteiger partial charge in [0, 0.05) is 37.0 Å². The molecule has 0 spiro atoms. The maximum atomic E-state index is 12.1. The molecule has 23 heavy (non-hydrogen) atoms. The van der Waals surface area contributed by atoms with E-state index in [4.69, 9.17) is 4.98 Å². The number of hydrogen-bond donors (Lipinski definition) is 0. The Morgan fingerprint density at radius 3 is 2.74 bits per heavy atom. The Morgan fingerprint density at radius 2 is 2.09 bits per heavy atom. The molecule has 0 aromatic carbocycles. The number of hydrogen-bond acceptors (Lipinski definition) is 4. The number of carbonyl (C=O) groups excluding carboxylic acids is 1. The molecule has 0 bridgehead atoms. The van der Waals surface area contributed by atoms with Gasteiger partial charge in [-0.3, -0.25) is 9.78 Å². The predicted octanol–water partition coefficient (Wildman–Crippen LogP) is 3.96. The van der Waals surface area contributed by atoms with Gasteiger partial charge in [0.05, 0.1) is 16.4 Å². The lowest BCUT2D eigenvalue weighted by Gasteiger charge is -2.31. The van der Waals surface area contributed by atoms with Gasteiger partial charge in [-0.05, 0) is 30.9 Å². The van der Waals surface area contributed by atoms with Crippen LogP contribution < -0.4 is 0 Å². The number of piperidine rings is 1. The van der Waals surface area contributed by atoms with Crippen LogP contribution in [0.5, 0.6) is 0 Å². The summed E-state index contributed by atoms with van der Waals surface area (Å²) in [6.07, 6.45) is 4.48. The SMILES string of the molecule is CC(C)CC(=O)N1CCC(c2nc(-c3ccccn3)cs2)CC1. The summed E-state index contributed by atoms with van der Waals surface area (Å²) < 4.78 is 0. The van der Waals surface area contributed by atoms with Crippen LogP contribution in [0.3, 0.4) is 0 Å². The third-order valence-corrected chi connectivity index (χ3v) is 5.24. The monoisotopic (exact) mass is 329 g/mol. The highest BCUT2D eigenvalue weighted by atomic mass is 32.1. The van der Waals surface area contributed by atoms with E-state index in [0.717, 1.165) is 37.3 Å². The van der Waals surface area contributed by atoms with Gasteiger partial charge < -0.3 is 4.90 Å². The van der Waals surface area contributed by atoms with E-state index in [1.165, 1.54) is 5.01 Å². The average Bonchev–Trinajstić information content (AvgIpc) is 3.05. The minimum Gasteiger partial charge on any atom is -0.343 e. The number of amides is 1. The molecule has 1 aliphatic heterocycles. The van der Waals surface area contributed by atoms with Crippen molar-refractivity contribution >= 4 is 17.2 Å². The largest absolute Gasteiger partial charge is 0.343 e. The zero-order valence-corrected chi connectivity index (χ0v) is 14.6. The van der Waals surface area contributed by atoms with Crippen molar-refractivity contribution in [3.63, 3.8) is 0 Å². The van der Waals surface area contributed by atoms with E-state index in [1.807, 2.05) is 23.1 Å². The molecule has 2 aromatic rings. The lowest BCUT2D eigenvalue weighted by atomic mass is 9.97. The number of nitrogens with zero attached hydrogens (tertiary/aromatic N) is 3. The molecule has 122 valence electrons. The summed E-state index contributed by atoms with van der Waals surface area (Å²) >= 11 is 1.72. The van der Waals surface area contributed by atoms with Crippen LogP contribution >= 0.6 is 11.3 Å². The summed E-state index contributed by atoms with van der Waals surface area (Å²) in [7, 11) is 0. The van der Waals surface area contributed by atoms with Crippen molar-refractivity contribution in [2.24, 2.45) is 5.92 Å². The number of pyridine rings is 1. The highest BCUT2D eigenvalue weighted by Gasteiger charge is 2.26. The Kier molecular flexibility index (Phi) is 5.06. The standard InChI is InChI=1S/C18H23N3OS/c1-13(2)11-17(22)21-9-6-14(7-10-21)18-20-16(12-23-18)15-5-3-4-8-19-15/h3-5,8,12-14H,6-7,9-11H2,1-2H3. The Bertz CT molecular complexity index is 645. The second-order valence-electron chi connectivity index (χ2n) is 6.54. The first-order valence-corrected chi connectivity index (χ1v) is 9.16. The minimum absolute atomic E-state index is 0.298. The van der Waals surface area contributed by atoms with E-state index in [9.17, 15) is 4.79 Å². The third-order valence-electron chi connectivity index (χ3n) is 4.23. The van der Waals surface area contributed by atoms with Gasteiger partial charge in [0.15, 0.2) is 0 Å². The maximum absolute atomic E-state index is 12.1. The second kappa shape index (κ2) is 7.21. The van der Waals surface area contributed by atoms with Gasteiger partial charge in [0.25, 0.3) is 0 Å². The molecule has 1 saturated heterocycles. The Labute approximate surface area is 141 Å². The number of rotatable bonds is 4. The molecule has 4 nitrogen and oxygen atoms in total. The Hall–Kier alpha value is -1.75. The molecule has 0 saturated carbocycles. The molecular formula is C18H23N3OS. The highest BCUT2D eigenvalue weighted by molar-refractivity contribution is 7.10. The molecule has 3 rings (SSSR count). The van der Waals surface area contributed by atoms with Crippen LogP contribution in [0.1, 0.15) is 44.0 Å². The molecular weight excluding hydrogens is 306 g/mol. The zero-order chi connectivity index (χ0) is 16.2.